The van der Waals surface area contributed by atoms with Crippen LogP contribution < -0.4 is 10.5 Å². The van der Waals surface area contributed by atoms with Crippen LogP contribution in [0.15, 0.2) is 18.2 Å². The van der Waals surface area contributed by atoms with Crippen molar-refractivity contribution in [2.45, 2.75) is 32.9 Å². The van der Waals surface area contributed by atoms with Gasteiger partial charge in [-0.1, -0.05) is 12.1 Å². The number of aryl methyl sites for hydroxylation is 1. The third-order valence-corrected chi connectivity index (χ3v) is 3.70. The summed E-state index contributed by atoms with van der Waals surface area (Å²) in [5, 5.41) is 0. The quantitative estimate of drug-likeness (QED) is 0.916. The molecule has 0 aliphatic carbocycles. The van der Waals surface area contributed by atoms with Crippen molar-refractivity contribution in [3.8, 4) is 5.75 Å². The largest absolute Gasteiger partial charge is 0.481 e. The highest BCUT2D eigenvalue weighted by Gasteiger charge is 2.24. The van der Waals surface area contributed by atoms with E-state index in [1.54, 1.807) is 11.8 Å². The normalized spacial score (nSPS) is 18.2. The molecule has 5 nitrogen and oxygen atoms in total. The monoisotopic (exact) mass is 292 g/mol. The second-order valence-electron chi connectivity index (χ2n) is 5.51. The molecule has 1 heterocycles. The second kappa shape index (κ2) is 6.91. The Hall–Kier alpha value is -1.59. The molecule has 0 saturated carbocycles. The number of ether oxygens (including phenoxy) is 2. The third-order valence-electron chi connectivity index (χ3n) is 3.70. The molecule has 1 fully saturated rings. The molecule has 2 unspecified atom stereocenters. The molecule has 1 saturated heterocycles. The van der Waals surface area contributed by atoms with Crippen LogP contribution in [0.5, 0.6) is 5.75 Å². The first-order chi connectivity index (χ1) is 9.99. The molecule has 1 aromatic rings. The Morgan fingerprint density at radius 2 is 2.00 bits per heavy atom. The van der Waals surface area contributed by atoms with Gasteiger partial charge in [0.05, 0.1) is 13.2 Å². The van der Waals surface area contributed by atoms with E-state index in [0.29, 0.717) is 26.3 Å². The number of nitrogens with zero attached hydrogens (tertiary/aromatic N) is 1. The molecule has 2 atom stereocenters. The van der Waals surface area contributed by atoms with E-state index in [1.807, 2.05) is 32.0 Å². The minimum Gasteiger partial charge on any atom is -0.481 e. The standard InChI is InChI=1S/C16H24N2O3/c1-11-10-14(12(2)17)4-5-15(11)21-13(3)16(19)18-6-8-20-9-7-18/h4-5,10,12-13H,6-9,17H2,1-3H3. The highest BCUT2D eigenvalue weighted by Crippen LogP contribution is 2.23. The zero-order valence-corrected chi connectivity index (χ0v) is 13.0. The lowest BCUT2D eigenvalue weighted by atomic mass is 10.1. The fourth-order valence-corrected chi connectivity index (χ4v) is 2.37. The molecule has 1 aliphatic heterocycles. The molecule has 2 rings (SSSR count). The molecule has 1 aromatic carbocycles. The smallest absolute Gasteiger partial charge is 0.263 e. The number of rotatable bonds is 4. The van der Waals surface area contributed by atoms with E-state index < -0.39 is 6.10 Å². The van der Waals surface area contributed by atoms with Gasteiger partial charge in [-0.05, 0) is 38.0 Å². The summed E-state index contributed by atoms with van der Waals surface area (Å²) < 4.78 is 11.1. The fraction of sp³-hybridized carbons (Fsp3) is 0.562. The Balaban J connectivity index is 2.01. The first-order valence-electron chi connectivity index (χ1n) is 7.38. The maximum Gasteiger partial charge on any atom is 0.263 e. The van der Waals surface area contributed by atoms with Crippen molar-refractivity contribution in [3.05, 3.63) is 29.3 Å². The number of benzene rings is 1. The lowest BCUT2D eigenvalue weighted by Crippen LogP contribution is -2.46. The Morgan fingerprint density at radius 3 is 2.57 bits per heavy atom. The summed E-state index contributed by atoms with van der Waals surface area (Å²) in [5.41, 5.74) is 7.92. The summed E-state index contributed by atoms with van der Waals surface area (Å²) in [5.74, 6) is 0.738. The van der Waals surface area contributed by atoms with E-state index in [2.05, 4.69) is 0 Å². The van der Waals surface area contributed by atoms with Crippen molar-refractivity contribution in [1.29, 1.82) is 0 Å². The van der Waals surface area contributed by atoms with Gasteiger partial charge in [-0.2, -0.15) is 0 Å². The van der Waals surface area contributed by atoms with Crippen LogP contribution in [-0.4, -0.2) is 43.2 Å². The van der Waals surface area contributed by atoms with Crippen LogP contribution in [0.2, 0.25) is 0 Å². The van der Waals surface area contributed by atoms with Crippen molar-refractivity contribution >= 4 is 5.91 Å². The van der Waals surface area contributed by atoms with Crippen molar-refractivity contribution in [2.75, 3.05) is 26.3 Å². The zero-order chi connectivity index (χ0) is 15.4. The molecular weight excluding hydrogens is 268 g/mol. The Labute approximate surface area is 126 Å². The topological polar surface area (TPSA) is 64.8 Å². The number of carbonyl (C=O) groups is 1. The van der Waals surface area contributed by atoms with Crippen LogP contribution in [0.4, 0.5) is 0 Å². The molecule has 1 amide bonds. The number of amides is 1. The minimum absolute atomic E-state index is 0.00831. The molecule has 116 valence electrons. The molecule has 1 aliphatic rings. The first kappa shape index (κ1) is 15.8. The number of hydrogen-bond donors (Lipinski definition) is 1. The first-order valence-corrected chi connectivity index (χ1v) is 7.38. The van der Waals surface area contributed by atoms with Gasteiger partial charge in [0.25, 0.3) is 5.91 Å². The Bertz CT molecular complexity index is 496. The summed E-state index contributed by atoms with van der Waals surface area (Å²) in [6.45, 7) is 8.16. The summed E-state index contributed by atoms with van der Waals surface area (Å²) >= 11 is 0. The SMILES string of the molecule is Cc1cc(C(C)N)ccc1OC(C)C(=O)N1CCOCC1. The van der Waals surface area contributed by atoms with Gasteiger partial charge >= 0.3 is 0 Å². The number of nitrogens with two attached hydrogens (primary N) is 1. The molecule has 0 aromatic heterocycles. The van der Waals surface area contributed by atoms with Gasteiger partial charge in [0.2, 0.25) is 0 Å². The average molecular weight is 292 g/mol. The third kappa shape index (κ3) is 3.95. The Morgan fingerprint density at radius 1 is 1.33 bits per heavy atom. The van der Waals surface area contributed by atoms with E-state index in [-0.39, 0.29) is 11.9 Å². The van der Waals surface area contributed by atoms with Crippen LogP contribution in [0.1, 0.15) is 31.0 Å². The zero-order valence-electron chi connectivity index (χ0n) is 13.0. The maximum absolute atomic E-state index is 12.3. The lowest BCUT2D eigenvalue weighted by Gasteiger charge is -2.29. The van der Waals surface area contributed by atoms with Crippen LogP contribution in [-0.2, 0) is 9.53 Å². The van der Waals surface area contributed by atoms with E-state index in [1.165, 1.54) is 0 Å². The number of hydrogen-bond acceptors (Lipinski definition) is 4. The molecule has 21 heavy (non-hydrogen) atoms. The summed E-state index contributed by atoms with van der Waals surface area (Å²) in [7, 11) is 0. The second-order valence-corrected chi connectivity index (χ2v) is 5.51. The van der Waals surface area contributed by atoms with E-state index in [9.17, 15) is 4.79 Å². The van der Waals surface area contributed by atoms with Gasteiger partial charge < -0.3 is 20.1 Å². The fourth-order valence-electron chi connectivity index (χ4n) is 2.37. The van der Waals surface area contributed by atoms with Crippen molar-refractivity contribution < 1.29 is 14.3 Å². The Kier molecular flexibility index (Phi) is 5.20. The van der Waals surface area contributed by atoms with Gasteiger partial charge in [0, 0.05) is 19.1 Å². The number of carbonyl (C=O) groups excluding carboxylic acids is 1. The minimum atomic E-state index is -0.497. The summed E-state index contributed by atoms with van der Waals surface area (Å²) in [4.78, 5) is 14.1. The van der Waals surface area contributed by atoms with Gasteiger partial charge in [-0.15, -0.1) is 0 Å². The van der Waals surface area contributed by atoms with Crippen molar-refractivity contribution in [2.24, 2.45) is 5.73 Å². The van der Waals surface area contributed by atoms with Gasteiger partial charge in [0.15, 0.2) is 6.10 Å². The molecule has 5 heteroatoms. The predicted octanol–water partition coefficient (Wildman–Crippen LogP) is 1.64. The predicted molar refractivity (Wildman–Crippen MR) is 81.3 cm³/mol. The van der Waals surface area contributed by atoms with Gasteiger partial charge in [0.1, 0.15) is 5.75 Å². The van der Waals surface area contributed by atoms with E-state index in [0.717, 1.165) is 16.9 Å². The van der Waals surface area contributed by atoms with E-state index >= 15 is 0 Å². The molecule has 0 radical (unpaired) electrons. The van der Waals surface area contributed by atoms with Crippen LogP contribution in [0.25, 0.3) is 0 Å². The summed E-state index contributed by atoms with van der Waals surface area (Å²) in [6, 6.07) is 5.83. The van der Waals surface area contributed by atoms with Gasteiger partial charge in [-0.3, -0.25) is 4.79 Å². The number of morpholine rings is 1. The lowest BCUT2D eigenvalue weighted by molar-refractivity contribution is -0.142. The summed E-state index contributed by atoms with van der Waals surface area (Å²) in [6.07, 6.45) is -0.497. The molecule has 0 spiro atoms. The van der Waals surface area contributed by atoms with Crippen molar-refractivity contribution in [3.63, 3.8) is 0 Å². The van der Waals surface area contributed by atoms with Crippen LogP contribution in [0, 0.1) is 6.92 Å². The molecular formula is C16H24N2O3. The van der Waals surface area contributed by atoms with E-state index in [4.69, 9.17) is 15.2 Å². The van der Waals surface area contributed by atoms with Crippen LogP contribution >= 0.6 is 0 Å². The van der Waals surface area contributed by atoms with Crippen LogP contribution in [0.3, 0.4) is 0 Å². The highest BCUT2D eigenvalue weighted by molar-refractivity contribution is 5.81. The average Bonchev–Trinajstić information content (AvgIpc) is 2.49. The highest BCUT2D eigenvalue weighted by atomic mass is 16.5. The molecule has 2 N–H and O–H groups in total. The maximum atomic E-state index is 12.3. The molecule has 0 bridgehead atoms. The van der Waals surface area contributed by atoms with Gasteiger partial charge in [-0.25, -0.2) is 0 Å². The van der Waals surface area contributed by atoms with Crippen molar-refractivity contribution in [1.82, 2.24) is 4.90 Å².